The van der Waals surface area contributed by atoms with Crippen molar-refractivity contribution in [2.75, 3.05) is 19.5 Å². The van der Waals surface area contributed by atoms with Gasteiger partial charge in [-0.25, -0.2) is 4.79 Å². The molecule has 0 aromatic carbocycles. The monoisotopic (exact) mass is 283 g/mol. The van der Waals surface area contributed by atoms with Gasteiger partial charge in [-0.15, -0.1) is 0 Å². The normalized spacial score (nSPS) is 21.9. The number of ether oxygens (including phenoxy) is 2. The van der Waals surface area contributed by atoms with Crippen molar-refractivity contribution in [3.8, 4) is 0 Å². The van der Waals surface area contributed by atoms with Gasteiger partial charge in [-0.05, 0) is 0 Å². The summed E-state index contributed by atoms with van der Waals surface area (Å²) in [5.41, 5.74) is 4.65. The van der Waals surface area contributed by atoms with Crippen LogP contribution < -0.4 is 11.4 Å². The van der Waals surface area contributed by atoms with E-state index >= 15 is 0 Å². The lowest BCUT2D eigenvalue weighted by Gasteiger charge is -2.20. The standard InChI is InChI=1S/C11H13N3O6/c1-19-8-7(17)6(4-16)20-10(8)14-2-5(3-15)9(12)13-11(14)18/h2-3,8,10,16-17H,4H2,1H3,(H2,12,13,18)/t8?,10-/m1/s1. The van der Waals surface area contributed by atoms with Crippen LogP contribution in [0.4, 0.5) is 5.82 Å². The van der Waals surface area contributed by atoms with Gasteiger partial charge in [-0.3, -0.25) is 9.36 Å². The van der Waals surface area contributed by atoms with Crippen LogP contribution in [0.15, 0.2) is 22.5 Å². The molecule has 0 saturated carbocycles. The Bertz CT molecular complexity index is 623. The quantitative estimate of drug-likeness (QED) is 0.595. The van der Waals surface area contributed by atoms with Gasteiger partial charge in [0.2, 0.25) is 6.23 Å². The predicted molar refractivity (Wildman–Crippen MR) is 66.0 cm³/mol. The molecule has 2 heterocycles. The number of aromatic nitrogens is 2. The number of nitrogens with zero attached hydrogens (tertiary/aromatic N) is 2. The summed E-state index contributed by atoms with van der Waals surface area (Å²) in [5, 5.41) is 18.8. The topological polar surface area (TPSA) is 137 Å². The number of aldehydes is 1. The largest absolute Gasteiger partial charge is 0.506 e. The summed E-state index contributed by atoms with van der Waals surface area (Å²) in [5.74, 6) is -0.637. The van der Waals surface area contributed by atoms with Crippen molar-refractivity contribution in [1.29, 1.82) is 0 Å². The van der Waals surface area contributed by atoms with E-state index in [0.717, 1.165) is 10.8 Å². The average Bonchev–Trinajstić information content (AvgIpc) is 2.75. The van der Waals surface area contributed by atoms with E-state index in [1.807, 2.05) is 0 Å². The second kappa shape index (κ2) is 5.31. The molecule has 2 atom stereocenters. The fourth-order valence-electron chi connectivity index (χ4n) is 1.88. The maximum absolute atomic E-state index is 11.8. The number of hydrogen-bond donors (Lipinski definition) is 3. The summed E-state index contributed by atoms with van der Waals surface area (Å²) in [7, 11) is 1.30. The minimum absolute atomic E-state index is 0.00000803. The van der Waals surface area contributed by atoms with Crippen LogP contribution in [0.2, 0.25) is 0 Å². The number of carbonyl (C=O) groups is 1. The molecule has 1 aromatic rings. The minimum atomic E-state index is -1.08. The first kappa shape index (κ1) is 14.0. The van der Waals surface area contributed by atoms with Crippen molar-refractivity contribution in [1.82, 2.24) is 9.55 Å². The Morgan fingerprint density at radius 2 is 2.35 bits per heavy atom. The molecule has 0 spiro atoms. The number of carbonyl (C=O) groups excluding carboxylic acids is 1. The molecular formula is C11H13N3O6. The van der Waals surface area contributed by atoms with Crippen molar-refractivity contribution >= 4 is 12.1 Å². The molecule has 1 aliphatic heterocycles. The molecule has 0 radical (unpaired) electrons. The fourth-order valence-corrected chi connectivity index (χ4v) is 1.88. The van der Waals surface area contributed by atoms with Gasteiger partial charge in [0.1, 0.15) is 12.4 Å². The molecular weight excluding hydrogens is 270 g/mol. The average molecular weight is 283 g/mol. The third-order valence-corrected chi connectivity index (χ3v) is 2.89. The Kier molecular flexibility index (Phi) is 3.72. The first-order chi connectivity index (χ1) is 9.53. The summed E-state index contributed by atoms with van der Waals surface area (Å²) in [4.78, 5) is 26.1. The number of aliphatic hydroxyl groups excluding tert-OH is 2. The van der Waals surface area contributed by atoms with Gasteiger partial charge in [0.15, 0.2) is 23.9 Å². The lowest BCUT2D eigenvalue weighted by Crippen LogP contribution is -2.34. The molecule has 9 heteroatoms. The molecule has 0 saturated heterocycles. The molecule has 0 bridgehead atoms. The molecule has 1 aliphatic rings. The van der Waals surface area contributed by atoms with E-state index in [1.54, 1.807) is 0 Å². The summed E-state index contributed by atoms with van der Waals surface area (Å²) >= 11 is 0. The minimum Gasteiger partial charge on any atom is -0.506 e. The number of hydrogen-bond acceptors (Lipinski definition) is 8. The summed E-state index contributed by atoms with van der Waals surface area (Å²) < 4.78 is 11.2. The highest BCUT2D eigenvalue weighted by Gasteiger charge is 2.39. The first-order valence-corrected chi connectivity index (χ1v) is 5.59. The highest BCUT2D eigenvalue weighted by atomic mass is 16.6. The highest BCUT2D eigenvalue weighted by Crippen LogP contribution is 2.32. The van der Waals surface area contributed by atoms with Gasteiger partial charge in [0.25, 0.3) is 0 Å². The van der Waals surface area contributed by atoms with E-state index in [1.165, 1.54) is 7.11 Å². The first-order valence-electron chi connectivity index (χ1n) is 5.59. The van der Waals surface area contributed by atoms with Crippen LogP contribution in [0.3, 0.4) is 0 Å². The van der Waals surface area contributed by atoms with Gasteiger partial charge in [-0.1, -0.05) is 0 Å². The molecule has 0 amide bonds. The van der Waals surface area contributed by atoms with Crippen LogP contribution in [-0.2, 0) is 9.47 Å². The number of aliphatic hydroxyl groups is 2. The van der Waals surface area contributed by atoms with Crippen LogP contribution >= 0.6 is 0 Å². The smallest absolute Gasteiger partial charge is 0.352 e. The summed E-state index contributed by atoms with van der Waals surface area (Å²) in [6.07, 6.45) is -0.488. The number of methoxy groups -OCH3 is 1. The van der Waals surface area contributed by atoms with Crippen molar-refractivity contribution in [2.45, 2.75) is 12.3 Å². The molecule has 0 fully saturated rings. The van der Waals surface area contributed by atoms with E-state index in [0.29, 0.717) is 6.29 Å². The van der Waals surface area contributed by atoms with E-state index in [2.05, 4.69) is 4.98 Å². The van der Waals surface area contributed by atoms with Crippen molar-refractivity contribution in [3.63, 3.8) is 0 Å². The van der Waals surface area contributed by atoms with E-state index in [9.17, 15) is 14.7 Å². The van der Waals surface area contributed by atoms with Gasteiger partial charge in [0.05, 0.1) is 5.56 Å². The molecule has 20 heavy (non-hydrogen) atoms. The number of rotatable bonds is 4. The van der Waals surface area contributed by atoms with Crippen LogP contribution in [0.1, 0.15) is 16.6 Å². The Labute approximate surface area is 112 Å². The Morgan fingerprint density at radius 3 is 2.90 bits per heavy atom. The van der Waals surface area contributed by atoms with Crippen LogP contribution in [0.5, 0.6) is 0 Å². The Morgan fingerprint density at radius 1 is 1.65 bits per heavy atom. The van der Waals surface area contributed by atoms with E-state index < -0.39 is 24.6 Å². The maximum Gasteiger partial charge on any atom is 0.352 e. The fraction of sp³-hybridized carbons (Fsp3) is 0.364. The van der Waals surface area contributed by atoms with Crippen molar-refractivity contribution in [2.24, 2.45) is 0 Å². The molecule has 108 valence electrons. The van der Waals surface area contributed by atoms with Gasteiger partial charge >= 0.3 is 5.69 Å². The molecule has 1 unspecified atom stereocenters. The van der Waals surface area contributed by atoms with Gasteiger partial charge < -0.3 is 25.4 Å². The zero-order valence-corrected chi connectivity index (χ0v) is 10.5. The molecule has 4 N–H and O–H groups in total. The van der Waals surface area contributed by atoms with E-state index in [4.69, 9.17) is 20.3 Å². The number of nitrogens with two attached hydrogens (primary N) is 1. The highest BCUT2D eigenvalue weighted by molar-refractivity contribution is 5.80. The summed E-state index contributed by atoms with van der Waals surface area (Å²) in [6.45, 7) is -0.556. The van der Waals surface area contributed by atoms with Crippen molar-refractivity contribution < 1.29 is 24.5 Å². The van der Waals surface area contributed by atoms with Crippen LogP contribution in [0.25, 0.3) is 0 Å². The second-order valence-electron chi connectivity index (χ2n) is 4.02. The Balaban J connectivity index is 2.48. The predicted octanol–water partition coefficient (Wildman–Crippen LogP) is -1.06. The third-order valence-electron chi connectivity index (χ3n) is 2.89. The zero-order valence-electron chi connectivity index (χ0n) is 10.5. The van der Waals surface area contributed by atoms with Crippen LogP contribution in [-0.4, -0.2) is 45.9 Å². The zero-order chi connectivity index (χ0) is 14.9. The molecule has 2 rings (SSSR count). The molecule has 9 nitrogen and oxygen atoms in total. The second-order valence-corrected chi connectivity index (χ2v) is 4.02. The van der Waals surface area contributed by atoms with Gasteiger partial charge in [-0.2, -0.15) is 4.98 Å². The Hall–Kier alpha value is -2.39. The maximum atomic E-state index is 11.8. The number of nitrogen functional groups attached to an aromatic ring is 1. The molecule has 1 aromatic heterocycles. The lowest BCUT2D eigenvalue weighted by atomic mass is 10.2. The van der Waals surface area contributed by atoms with Gasteiger partial charge in [0, 0.05) is 13.3 Å². The SMILES string of the molecule is COC1C(O)=C(CO)O[C@H]1n1cc(C=O)c(N)nc1=O. The lowest BCUT2D eigenvalue weighted by molar-refractivity contribution is -0.0374. The van der Waals surface area contributed by atoms with Crippen molar-refractivity contribution in [3.05, 3.63) is 33.8 Å². The molecule has 0 aliphatic carbocycles. The third kappa shape index (κ3) is 2.12. The number of anilines is 1. The van der Waals surface area contributed by atoms with E-state index in [-0.39, 0.29) is 22.9 Å². The summed E-state index contributed by atoms with van der Waals surface area (Å²) in [6, 6.07) is 0. The van der Waals surface area contributed by atoms with Crippen LogP contribution in [0, 0.1) is 0 Å².